The molecule has 102 valence electrons. The fraction of sp³-hybridized carbons (Fsp3) is 0.308. The van der Waals surface area contributed by atoms with E-state index >= 15 is 0 Å². The number of nitrogens with one attached hydrogen (secondary N) is 1. The number of hydrogen-bond donors (Lipinski definition) is 2. The molecule has 1 atom stereocenters. The van der Waals surface area contributed by atoms with E-state index in [0.717, 1.165) is 5.82 Å². The number of halogens is 2. The van der Waals surface area contributed by atoms with Crippen molar-refractivity contribution in [3.8, 4) is 0 Å². The lowest BCUT2D eigenvalue weighted by Gasteiger charge is -2.17. The summed E-state index contributed by atoms with van der Waals surface area (Å²) in [6.07, 6.45) is 4.95. The third-order valence-electron chi connectivity index (χ3n) is 3.14. The fourth-order valence-electron chi connectivity index (χ4n) is 2.03. The van der Waals surface area contributed by atoms with E-state index in [1.165, 1.54) is 6.07 Å². The molecule has 0 fully saturated rings. The fourth-order valence-corrected chi connectivity index (χ4v) is 2.21. The minimum Gasteiger partial charge on any atom is -0.338 e. The minimum absolute atomic E-state index is 0.106. The molecule has 0 bridgehead atoms. The Morgan fingerprint density at radius 1 is 1.53 bits per heavy atom. The monoisotopic (exact) mass is 282 g/mol. The van der Waals surface area contributed by atoms with Crippen molar-refractivity contribution < 1.29 is 4.39 Å². The predicted octanol–water partition coefficient (Wildman–Crippen LogP) is 2.35. The second-order valence-corrected chi connectivity index (χ2v) is 4.76. The van der Waals surface area contributed by atoms with E-state index in [0.29, 0.717) is 18.4 Å². The summed E-state index contributed by atoms with van der Waals surface area (Å²) in [6, 6.07) is 4.62. The summed E-state index contributed by atoms with van der Waals surface area (Å²) < 4.78 is 15.9. The van der Waals surface area contributed by atoms with Gasteiger partial charge in [-0.3, -0.25) is 11.3 Å². The van der Waals surface area contributed by atoms with Gasteiger partial charge in [-0.25, -0.2) is 9.37 Å². The summed E-state index contributed by atoms with van der Waals surface area (Å²) >= 11 is 5.78. The van der Waals surface area contributed by atoms with Crippen molar-refractivity contribution in [3.05, 3.63) is 52.8 Å². The van der Waals surface area contributed by atoms with Crippen molar-refractivity contribution >= 4 is 11.6 Å². The van der Waals surface area contributed by atoms with Gasteiger partial charge in [0.2, 0.25) is 0 Å². The van der Waals surface area contributed by atoms with Crippen LogP contribution in [0.1, 0.15) is 23.9 Å². The Hall–Kier alpha value is -1.43. The first kappa shape index (κ1) is 14.0. The molecule has 0 saturated heterocycles. The molecule has 19 heavy (non-hydrogen) atoms. The predicted molar refractivity (Wildman–Crippen MR) is 73.0 cm³/mol. The molecule has 1 heterocycles. The third-order valence-corrected chi connectivity index (χ3v) is 3.43. The molecule has 4 nitrogen and oxygen atoms in total. The second kappa shape index (κ2) is 6.14. The van der Waals surface area contributed by atoms with Gasteiger partial charge < -0.3 is 4.57 Å². The highest BCUT2D eigenvalue weighted by atomic mass is 35.5. The van der Waals surface area contributed by atoms with Gasteiger partial charge in [-0.1, -0.05) is 23.7 Å². The van der Waals surface area contributed by atoms with E-state index in [9.17, 15) is 4.39 Å². The van der Waals surface area contributed by atoms with Crippen molar-refractivity contribution in [1.29, 1.82) is 0 Å². The van der Waals surface area contributed by atoms with Gasteiger partial charge in [-0.15, -0.1) is 0 Å². The standard InChI is InChI=1S/C13H16ClFN4/c1-19-8-7-17-12(19)6-5-11(18-16)9-3-2-4-10(14)13(9)15/h2-4,7-8,11,18H,5-6,16H2,1H3. The van der Waals surface area contributed by atoms with Crippen molar-refractivity contribution in [2.24, 2.45) is 12.9 Å². The Morgan fingerprint density at radius 2 is 2.32 bits per heavy atom. The third kappa shape index (κ3) is 3.12. The van der Waals surface area contributed by atoms with Crippen LogP contribution in [0, 0.1) is 5.82 Å². The van der Waals surface area contributed by atoms with Crippen LogP contribution >= 0.6 is 11.6 Å². The molecule has 0 spiro atoms. The summed E-state index contributed by atoms with van der Waals surface area (Å²) in [5.74, 6) is 6.02. The summed E-state index contributed by atoms with van der Waals surface area (Å²) in [5.41, 5.74) is 3.11. The molecule has 2 aromatic rings. The smallest absolute Gasteiger partial charge is 0.146 e. The number of nitrogens with zero attached hydrogens (tertiary/aromatic N) is 2. The van der Waals surface area contributed by atoms with E-state index in [1.807, 2.05) is 17.8 Å². The van der Waals surface area contributed by atoms with Crippen LogP contribution in [0.2, 0.25) is 5.02 Å². The average Bonchev–Trinajstić information content (AvgIpc) is 2.80. The number of benzene rings is 1. The maximum atomic E-state index is 13.9. The van der Waals surface area contributed by atoms with Gasteiger partial charge in [0.05, 0.1) is 5.02 Å². The van der Waals surface area contributed by atoms with Crippen LogP contribution in [0.5, 0.6) is 0 Å². The average molecular weight is 283 g/mol. The van der Waals surface area contributed by atoms with Crippen LogP contribution in [-0.2, 0) is 13.5 Å². The molecule has 0 radical (unpaired) electrons. The van der Waals surface area contributed by atoms with E-state index in [1.54, 1.807) is 18.3 Å². The topological polar surface area (TPSA) is 55.9 Å². The summed E-state index contributed by atoms with van der Waals surface area (Å²) in [7, 11) is 1.92. The van der Waals surface area contributed by atoms with Gasteiger partial charge >= 0.3 is 0 Å². The molecule has 2 rings (SSSR count). The Labute approximate surface area is 116 Å². The first-order valence-electron chi connectivity index (χ1n) is 5.99. The lowest BCUT2D eigenvalue weighted by Crippen LogP contribution is -2.29. The Balaban J connectivity index is 2.12. The van der Waals surface area contributed by atoms with Crippen LogP contribution in [0.15, 0.2) is 30.6 Å². The summed E-state index contributed by atoms with van der Waals surface area (Å²) in [5, 5.41) is 0.106. The number of nitrogens with two attached hydrogens (primary N) is 1. The van der Waals surface area contributed by atoms with Gasteiger partial charge in [0.15, 0.2) is 0 Å². The van der Waals surface area contributed by atoms with Crippen molar-refractivity contribution in [2.75, 3.05) is 0 Å². The molecule has 0 saturated carbocycles. The Kier molecular flexibility index (Phi) is 4.52. The van der Waals surface area contributed by atoms with Crippen molar-refractivity contribution in [2.45, 2.75) is 18.9 Å². The van der Waals surface area contributed by atoms with Gasteiger partial charge in [0, 0.05) is 37.5 Å². The molecule has 3 N–H and O–H groups in total. The highest BCUT2D eigenvalue weighted by Gasteiger charge is 2.17. The molecule has 0 amide bonds. The SMILES string of the molecule is Cn1ccnc1CCC(NN)c1cccc(Cl)c1F. The van der Waals surface area contributed by atoms with Crippen molar-refractivity contribution in [1.82, 2.24) is 15.0 Å². The van der Waals surface area contributed by atoms with Crippen LogP contribution < -0.4 is 11.3 Å². The number of hydrazine groups is 1. The molecule has 0 aliphatic heterocycles. The number of hydrogen-bond acceptors (Lipinski definition) is 3. The zero-order chi connectivity index (χ0) is 13.8. The minimum atomic E-state index is -0.424. The van der Waals surface area contributed by atoms with Gasteiger partial charge in [-0.2, -0.15) is 0 Å². The molecule has 0 aliphatic carbocycles. The van der Waals surface area contributed by atoms with Crippen LogP contribution in [0.3, 0.4) is 0 Å². The molecule has 6 heteroatoms. The first-order chi connectivity index (χ1) is 9.13. The van der Waals surface area contributed by atoms with Gasteiger partial charge in [0.25, 0.3) is 0 Å². The highest BCUT2D eigenvalue weighted by molar-refractivity contribution is 6.30. The first-order valence-corrected chi connectivity index (χ1v) is 6.37. The van der Waals surface area contributed by atoms with Gasteiger partial charge in [0.1, 0.15) is 11.6 Å². The lowest BCUT2D eigenvalue weighted by atomic mass is 10.0. The number of rotatable bonds is 5. The summed E-state index contributed by atoms with van der Waals surface area (Å²) in [4.78, 5) is 4.23. The van der Waals surface area contributed by atoms with Crippen LogP contribution in [-0.4, -0.2) is 9.55 Å². The van der Waals surface area contributed by atoms with Crippen LogP contribution in [0.25, 0.3) is 0 Å². The zero-order valence-electron chi connectivity index (χ0n) is 10.6. The summed E-state index contributed by atoms with van der Waals surface area (Å²) in [6.45, 7) is 0. The number of imidazole rings is 1. The molecule has 0 aliphatic rings. The van der Waals surface area contributed by atoms with Gasteiger partial charge in [-0.05, 0) is 12.5 Å². The molecular weight excluding hydrogens is 267 g/mol. The van der Waals surface area contributed by atoms with Crippen molar-refractivity contribution in [3.63, 3.8) is 0 Å². The highest BCUT2D eigenvalue weighted by Crippen LogP contribution is 2.25. The van der Waals surface area contributed by atoms with E-state index < -0.39 is 5.82 Å². The molecule has 1 unspecified atom stereocenters. The number of aryl methyl sites for hydroxylation is 2. The quantitative estimate of drug-likeness (QED) is 0.654. The van der Waals surface area contributed by atoms with E-state index in [-0.39, 0.29) is 11.1 Å². The maximum absolute atomic E-state index is 13.9. The Morgan fingerprint density at radius 3 is 2.95 bits per heavy atom. The Bertz CT molecular complexity index is 555. The van der Waals surface area contributed by atoms with E-state index in [2.05, 4.69) is 10.4 Å². The molecular formula is C13H16ClFN4. The lowest BCUT2D eigenvalue weighted by molar-refractivity contribution is 0.479. The maximum Gasteiger partial charge on any atom is 0.146 e. The second-order valence-electron chi connectivity index (χ2n) is 4.36. The molecule has 1 aromatic heterocycles. The van der Waals surface area contributed by atoms with E-state index in [4.69, 9.17) is 17.4 Å². The van der Waals surface area contributed by atoms with Crippen LogP contribution in [0.4, 0.5) is 4.39 Å². The molecule has 1 aromatic carbocycles. The zero-order valence-corrected chi connectivity index (χ0v) is 11.4. The number of aromatic nitrogens is 2. The largest absolute Gasteiger partial charge is 0.338 e. The normalized spacial score (nSPS) is 12.6.